The molecule has 3 aromatic carbocycles. The van der Waals surface area contributed by atoms with E-state index in [0.717, 1.165) is 60.0 Å². The molecule has 0 saturated carbocycles. The van der Waals surface area contributed by atoms with Gasteiger partial charge in [0.25, 0.3) is 0 Å². The summed E-state index contributed by atoms with van der Waals surface area (Å²) in [4.78, 5) is 21.5. The number of benzene rings is 3. The van der Waals surface area contributed by atoms with Crippen LogP contribution in [-0.4, -0.2) is 25.0 Å². The zero-order valence-electron chi connectivity index (χ0n) is 22.5. The Kier molecular flexibility index (Phi) is 6.14. The normalized spacial score (nSPS) is 11.3. The van der Waals surface area contributed by atoms with Crippen molar-refractivity contribution >= 4 is 48.8 Å². The summed E-state index contributed by atoms with van der Waals surface area (Å²) < 4.78 is 2.14. The fraction of sp³-hybridized carbons (Fsp3) is 0.0588. The Morgan fingerprint density at radius 1 is 0.756 bits per heavy atom. The molecule has 0 bridgehead atoms. The first-order valence-electron chi connectivity index (χ1n) is 13.3. The summed E-state index contributed by atoms with van der Waals surface area (Å²) in [6, 6.07) is 31.7. The van der Waals surface area contributed by atoms with Crippen molar-refractivity contribution in [3.63, 3.8) is 0 Å². The summed E-state index contributed by atoms with van der Waals surface area (Å²) in [6.07, 6.45) is 3.64. The molecule has 1 N–H and O–H groups in total. The second-order valence-electron chi connectivity index (χ2n) is 9.82. The summed E-state index contributed by atoms with van der Waals surface area (Å²) in [7, 11) is 0. The smallest absolute Gasteiger partial charge is 0.164 e. The lowest BCUT2D eigenvalue weighted by Gasteiger charge is -2.27. The molecule has 0 radical (unpaired) electrons. The fourth-order valence-corrected chi connectivity index (χ4v) is 6.40. The molecule has 198 valence electrons. The highest BCUT2D eigenvalue weighted by atomic mass is 32.1. The molecular formula is C34H25N5OS. The van der Waals surface area contributed by atoms with Gasteiger partial charge in [0, 0.05) is 33.7 Å². The van der Waals surface area contributed by atoms with Gasteiger partial charge in [0.2, 0.25) is 0 Å². The number of thiophene rings is 1. The zero-order valence-corrected chi connectivity index (χ0v) is 23.3. The monoisotopic (exact) mass is 551 g/mol. The first-order chi connectivity index (χ1) is 20.1. The van der Waals surface area contributed by atoms with Gasteiger partial charge < -0.3 is 5.11 Å². The topological polar surface area (TPSA) is 75.0 Å². The highest BCUT2D eigenvalue weighted by Gasteiger charge is 2.21. The fourth-order valence-electron chi connectivity index (χ4n) is 5.25. The lowest BCUT2D eigenvalue weighted by Crippen LogP contribution is -2.14. The van der Waals surface area contributed by atoms with E-state index in [-0.39, 0.29) is 5.75 Å². The van der Waals surface area contributed by atoms with Crippen molar-refractivity contribution in [2.75, 3.05) is 4.90 Å². The molecule has 0 aliphatic carbocycles. The number of fused-ring (bicyclic) bond motifs is 3. The maximum atomic E-state index is 10.7. The van der Waals surface area contributed by atoms with Crippen molar-refractivity contribution in [1.29, 1.82) is 0 Å². The second kappa shape index (κ2) is 10.1. The van der Waals surface area contributed by atoms with E-state index < -0.39 is 0 Å². The van der Waals surface area contributed by atoms with Gasteiger partial charge in [0.05, 0.1) is 32.9 Å². The first kappa shape index (κ1) is 24.9. The molecule has 6 nitrogen and oxygen atoms in total. The average Bonchev–Trinajstić information content (AvgIpc) is 3.38. The predicted molar refractivity (Wildman–Crippen MR) is 167 cm³/mol. The Bertz CT molecular complexity index is 2030. The minimum atomic E-state index is 0.148. The van der Waals surface area contributed by atoms with Crippen LogP contribution < -0.4 is 4.90 Å². The van der Waals surface area contributed by atoms with Crippen LogP contribution in [0.3, 0.4) is 0 Å². The van der Waals surface area contributed by atoms with E-state index in [1.807, 2.05) is 67.7 Å². The summed E-state index contributed by atoms with van der Waals surface area (Å²) in [5, 5.41) is 11.8. The number of aryl methyl sites for hydroxylation is 2. The number of nitrogens with zero attached hydrogens (tertiary/aromatic N) is 5. The number of hydrogen-bond acceptors (Lipinski definition) is 7. The van der Waals surface area contributed by atoms with Crippen LogP contribution in [0.15, 0.2) is 109 Å². The van der Waals surface area contributed by atoms with Gasteiger partial charge in [0.15, 0.2) is 5.82 Å². The predicted octanol–water partition coefficient (Wildman–Crippen LogP) is 8.76. The molecule has 0 saturated heterocycles. The van der Waals surface area contributed by atoms with Crippen LogP contribution >= 0.6 is 11.3 Å². The molecule has 0 amide bonds. The van der Waals surface area contributed by atoms with Crippen molar-refractivity contribution in [1.82, 2.24) is 19.9 Å². The summed E-state index contributed by atoms with van der Waals surface area (Å²) in [6.45, 7) is 4.11. The number of phenolic OH excluding ortho intramolecular Hbond substituents is 1. The van der Waals surface area contributed by atoms with Crippen LogP contribution in [0.2, 0.25) is 0 Å². The number of aromatic nitrogens is 4. The minimum absolute atomic E-state index is 0.148. The van der Waals surface area contributed by atoms with Gasteiger partial charge in [-0.15, -0.1) is 11.3 Å². The second-order valence-corrected chi connectivity index (χ2v) is 10.9. The maximum Gasteiger partial charge on any atom is 0.164 e. The minimum Gasteiger partial charge on any atom is -0.507 e. The highest BCUT2D eigenvalue weighted by molar-refractivity contribution is 7.26. The van der Waals surface area contributed by atoms with E-state index in [2.05, 4.69) is 47.1 Å². The Hall–Kier alpha value is -5.14. The molecule has 0 fully saturated rings. The average molecular weight is 552 g/mol. The van der Waals surface area contributed by atoms with Crippen molar-refractivity contribution in [3.8, 4) is 28.4 Å². The van der Waals surface area contributed by atoms with Crippen LogP contribution in [0.1, 0.15) is 11.3 Å². The number of para-hydroxylation sites is 1. The van der Waals surface area contributed by atoms with Gasteiger partial charge in [0.1, 0.15) is 11.6 Å². The maximum absolute atomic E-state index is 10.7. The van der Waals surface area contributed by atoms with Crippen LogP contribution in [0, 0.1) is 13.8 Å². The van der Waals surface area contributed by atoms with Gasteiger partial charge in [-0.3, -0.25) is 9.88 Å². The lowest BCUT2D eigenvalue weighted by molar-refractivity contribution is 0.477. The van der Waals surface area contributed by atoms with Crippen molar-refractivity contribution in [3.05, 3.63) is 121 Å². The molecule has 0 atom stereocenters. The Morgan fingerprint density at radius 3 is 2.41 bits per heavy atom. The zero-order chi connectivity index (χ0) is 27.9. The van der Waals surface area contributed by atoms with Gasteiger partial charge >= 0.3 is 0 Å². The number of phenols is 1. The largest absolute Gasteiger partial charge is 0.507 e. The van der Waals surface area contributed by atoms with Gasteiger partial charge in [-0.1, -0.05) is 48.5 Å². The number of anilines is 3. The van der Waals surface area contributed by atoms with E-state index in [9.17, 15) is 5.11 Å². The highest BCUT2D eigenvalue weighted by Crippen LogP contribution is 2.42. The molecule has 7 heteroatoms. The van der Waals surface area contributed by atoms with Gasteiger partial charge in [-0.25, -0.2) is 15.0 Å². The third kappa shape index (κ3) is 4.37. The third-order valence-electron chi connectivity index (χ3n) is 7.15. The lowest BCUT2D eigenvalue weighted by atomic mass is 10.1. The van der Waals surface area contributed by atoms with E-state index in [1.165, 1.54) is 0 Å². The van der Waals surface area contributed by atoms with Crippen molar-refractivity contribution in [2.24, 2.45) is 0 Å². The molecular weight excluding hydrogens is 526 g/mol. The van der Waals surface area contributed by atoms with Crippen LogP contribution in [0.25, 0.3) is 42.9 Å². The summed E-state index contributed by atoms with van der Waals surface area (Å²) >= 11 is 1.68. The van der Waals surface area contributed by atoms with E-state index in [4.69, 9.17) is 15.0 Å². The van der Waals surface area contributed by atoms with Crippen LogP contribution in [-0.2, 0) is 0 Å². The number of rotatable bonds is 5. The number of hydrogen-bond donors (Lipinski definition) is 1. The quantitative estimate of drug-likeness (QED) is 0.230. The first-order valence-corrected chi connectivity index (χ1v) is 14.1. The van der Waals surface area contributed by atoms with E-state index in [1.54, 1.807) is 29.7 Å². The van der Waals surface area contributed by atoms with Crippen molar-refractivity contribution < 1.29 is 5.11 Å². The molecule has 7 rings (SSSR count). The van der Waals surface area contributed by atoms with Gasteiger partial charge in [-0.2, -0.15) is 0 Å². The van der Waals surface area contributed by atoms with Crippen LogP contribution in [0.4, 0.5) is 17.2 Å². The third-order valence-corrected chi connectivity index (χ3v) is 8.32. The van der Waals surface area contributed by atoms with Gasteiger partial charge in [-0.05, 0) is 67.9 Å². The molecule has 4 aromatic heterocycles. The Morgan fingerprint density at radius 2 is 1.59 bits per heavy atom. The molecule has 7 aromatic rings. The number of aromatic hydroxyl groups is 1. The Labute approximate surface area is 241 Å². The van der Waals surface area contributed by atoms with Crippen molar-refractivity contribution in [2.45, 2.75) is 13.8 Å². The molecule has 4 heterocycles. The number of pyridine rings is 2. The molecule has 41 heavy (non-hydrogen) atoms. The molecule has 0 unspecified atom stereocenters. The standard InChI is InChI=1S/C34H25N5OS/c1-21-17-19-35-22(2)32(21)39(29-16-7-8-18-36-29)24-11-9-10-23(20-24)30-33-31(26-13-4-6-15-28(26)41-33)38-34(37-30)25-12-3-5-14-27(25)40/h3-20,40H,1-2H3. The summed E-state index contributed by atoms with van der Waals surface area (Å²) in [5.74, 6) is 1.43. The van der Waals surface area contributed by atoms with E-state index in [0.29, 0.717) is 11.4 Å². The van der Waals surface area contributed by atoms with Crippen LogP contribution in [0.5, 0.6) is 5.75 Å². The van der Waals surface area contributed by atoms with E-state index >= 15 is 0 Å². The molecule has 0 aliphatic rings. The molecule has 0 spiro atoms. The Balaban J connectivity index is 1.49. The molecule has 0 aliphatic heterocycles. The summed E-state index contributed by atoms with van der Waals surface area (Å²) in [5.41, 5.74) is 7.18. The SMILES string of the molecule is Cc1ccnc(C)c1N(c1cccc(-c2nc(-c3ccccc3O)nc3c2sc2ccccc23)c1)c1ccccn1.